The van der Waals surface area contributed by atoms with E-state index in [9.17, 15) is 110 Å². The van der Waals surface area contributed by atoms with Gasteiger partial charge in [-0.1, -0.05) is 20.8 Å². The second kappa shape index (κ2) is 16.7. The van der Waals surface area contributed by atoms with Gasteiger partial charge in [0.15, 0.2) is 145 Å². The maximum absolute atomic E-state index is 14.4. The number of hydrogen-bond acceptors (Lipinski definition) is 0. The molecular weight excluding hydrogens is 905 g/mol. The molecule has 326 valence electrons. The molecule has 0 atom stereocenters. The Morgan fingerprint density at radius 1 is 0.197 bits per heavy atom. The van der Waals surface area contributed by atoms with Gasteiger partial charge in [0.2, 0.25) is 6.71 Å². The first-order chi connectivity index (χ1) is 27.9. The summed E-state index contributed by atoms with van der Waals surface area (Å²) in [5, 5.41) is -1.73. The first kappa shape index (κ1) is 48.1. The standard InChI is InChI=1S/C18BF15.C16H9BF10/c20-4-1(5(21)11(27)16(32)10(4)26)19(2-6(22)12(28)17(33)13(29)7(2)23)3-8(24)14(30)18(34)15(31)9(3)25;1-16(2,3)17(4-6(18)10(22)14(26)11(23)7(4)19)5-8(20)12(24)15(27)13(25)9(5)21/h;1-3H3. The minimum absolute atomic E-state index is 1.06. The van der Waals surface area contributed by atoms with Gasteiger partial charge in [0.25, 0.3) is 6.71 Å². The summed E-state index contributed by atoms with van der Waals surface area (Å²) in [4.78, 5) is 0. The molecule has 0 aliphatic rings. The van der Waals surface area contributed by atoms with E-state index in [1.165, 1.54) is 0 Å². The molecule has 0 nitrogen and oxygen atoms in total. The van der Waals surface area contributed by atoms with Crippen molar-refractivity contribution in [3.63, 3.8) is 0 Å². The molecule has 0 heterocycles. The minimum Gasteiger partial charge on any atom is -0.204 e. The van der Waals surface area contributed by atoms with E-state index in [1.54, 1.807) is 0 Å². The molecule has 27 heteroatoms. The molecule has 0 amide bonds. The van der Waals surface area contributed by atoms with Gasteiger partial charge in [0, 0.05) is 27.3 Å². The molecule has 0 saturated carbocycles. The van der Waals surface area contributed by atoms with Gasteiger partial charge in [-0.05, 0) is 5.31 Å². The highest BCUT2D eigenvalue weighted by Gasteiger charge is 2.47. The first-order valence-corrected chi connectivity index (χ1v) is 15.5. The van der Waals surface area contributed by atoms with Gasteiger partial charge >= 0.3 is 0 Å². The third-order valence-corrected chi connectivity index (χ3v) is 8.53. The average Bonchev–Trinajstić information content (AvgIpc) is 3.21. The molecule has 0 unspecified atom stereocenters. The van der Waals surface area contributed by atoms with Crippen LogP contribution in [0.5, 0.6) is 0 Å². The van der Waals surface area contributed by atoms with E-state index < -0.39 is 191 Å². The van der Waals surface area contributed by atoms with Crippen molar-refractivity contribution < 1.29 is 110 Å². The van der Waals surface area contributed by atoms with Gasteiger partial charge in [-0.3, -0.25) is 0 Å². The lowest BCUT2D eigenvalue weighted by molar-refractivity contribution is 0.380. The van der Waals surface area contributed by atoms with Crippen LogP contribution < -0.4 is 27.3 Å². The van der Waals surface area contributed by atoms with Crippen LogP contribution in [0.15, 0.2) is 0 Å². The van der Waals surface area contributed by atoms with Crippen molar-refractivity contribution in [1.82, 2.24) is 0 Å². The lowest BCUT2D eigenvalue weighted by Crippen LogP contribution is -2.60. The zero-order chi connectivity index (χ0) is 47.0. The smallest absolute Gasteiger partial charge is 0.204 e. The number of hydrogen-bond donors (Lipinski definition) is 0. The fraction of sp³-hybridized carbons (Fsp3) is 0.118. The number of benzene rings is 5. The molecule has 0 bridgehead atoms. The molecule has 5 aromatic rings. The molecular formula is C34H9B2F25. The van der Waals surface area contributed by atoms with E-state index in [4.69, 9.17) is 0 Å². The molecule has 0 N–H and O–H groups in total. The molecule has 0 spiro atoms. The van der Waals surface area contributed by atoms with Gasteiger partial charge < -0.3 is 0 Å². The van der Waals surface area contributed by atoms with Crippen molar-refractivity contribution in [2.24, 2.45) is 0 Å². The monoisotopic (exact) mass is 914 g/mol. The second-order valence-corrected chi connectivity index (χ2v) is 13.1. The fourth-order valence-corrected chi connectivity index (χ4v) is 5.82. The molecule has 0 aromatic heterocycles. The van der Waals surface area contributed by atoms with Crippen molar-refractivity contribution in [1.29, 1.82) is 0 Å². The highest BCUT2D eigenvalue weighted by molar-refractivity contribution is 6.95. The first-order valence-electron chi connectivity index (χ1n) is 15.5. The number of rotatable bonds is 5. The van der Waals surface area contributed by atoms with E-state index in [0.717, 1.165) is 20.8 Å². The Bertz CT molecular complexity index is 2270. The van der Waals surface area contributed by atoms with Gasteiger partial charge in [0.05, 0.1) is 0 Å². The largest absolute Gasteiger partial charge is 0.265 e. The Morgan fingerprint density at radius 3 is 0.443 bits per heavy atom. The van der Waals surface area contributed by atoms with E-state index in [-0.39, 0.29) is 0 Å². The predicted octanol–water partition coefficient (Wildman–Crippen LogP) is 8.78. The van der Waals surface area contributed by atoms with Gasteiger partial charge in [-0.15, -0.1) is 0 Å². The van der Waals surface area contributed by atoms with Crippen LogP contribution in [0.1, 0.15) is 20.8 Å². The second-order valence-electron chi connectivity index (χ2n) is 13.1. The van der Waals surface area contributed by atoms with E-state index in [2.05, 4.69) is 0 Å². The van der Waals surface area contributed by atoms with E-state index >= 15 is 0 Å². The molecule has 0 fully saturated rings. The van der Waals surface area contributed by atoms with Gasteiger partial charge in [0.1, 0.15) is 0 Å². The highest BCUT2D eigenvalue weighted by atomic mass is 19.2. The highest BCUT2D eigenvalue weighted by Crippen LogP contribution is 2.32. The third-order valence-electron chi connectivity index (χ3n) is 8.53. The van der Waals surface area contributed by atoms with Crippen LogP contribution in [0, 0.1) is 145 Å². The summed E-state index contributed by atoms with van der Waals surface area (Å²) >= 11 is 0. The summed E-state index contributed by atoms with van der Waals surface area (Å²) in [5.74, 6) is -69.7. The number of halogens is 25. The van der Waals surface area contributed by atoms with Crippen LogP contribution >= 0.6 is 0 Å². The van der Waals surface area contributed by atoms with Crippen molar-refractivity contribution in [3.05, 3.63) is 145 Å². The Kier molecular flexibility index (Phi) is 13.2. The van der Waals surface area contributed by atoms with E-state index in [1.807, 2.05) is 0 Å². The van der Waals surface area contributed by atoms with Gasteiger partial charge in [-0.25, -0.2) is 110 Å². The molecule has 5 aromatic carbocycles. The Morgan fingerprint density at radius 2 is 0.311 bits per heavy atom. The summed E-state index contributed by atoms with van der Waals surface area (Å²) in [6.45, 7) is -3.17. The van der Waals surface area contributed by atoms with Crippen LogP contribution in [-0.2, 0) is 0 Å². The summed E-state index contributed by atoms with van der Waals surface area (Å²) in [5.41, 5.74) is -11.4. The van der Waals surface area contributed by atoms with E-state index in [0.29, 0.717) is 0 Å². The quantitative estimate of drug-likeness (QED) is 0.0717. The molecule has 5 rings (SSSR count). The van der Waals surface area contributed by atoms with Crippen LogP contribution in [-0.4, -0.2) is 13.4 Å². The zero-order valence-electron chi connectivity index (χ0n) is 29.1. The Labute approximate surface area is 322 Å². The zero-order valence-corrected chi connectivity index (χ0v) is 29.1. The summed E-state index contributed by atoms with van der Waals surface area (Å²) < 4.78 is 346. The Hall–Kier alpha value is -5.52. The molecule has 0 saturated heterocycles. The van der Waals surface area contributed by atoms with Gasteiger partial charge in [-0.2, -0.15) is 0 Å². The molecule has 0 radical (unpaired) electrons. The molecule has 61 heavy (non-hydrogen) atoms. The minimum atomic E-state index is -3.96. The summed E-state index contributed by atoms with van der Waals surface area (Å²) in [7, 11) is 0. The molecule has 0 aliphatic heterocycles. The lowest BCUT2D eigenvalue weighted by Gasteiger charge is -2.30. The SMILES string of the molecule is CC(C)(C)B(c1c(F)c(F)c(F)c(F)c1F)c1c(F)c(F)c(F)c(F)c1F.Fc1c(F)c(F)c(B(c2c(F)c(F)c(F)c(F)c2F)c2c(F)c(F)c(F)c(F)c2F)c(F)c1F. The summed E-state index contributed by atoms with van der Waals surface area (Å²) in [6, 6.07) is 0. The van der Waals surface area contributed by atoms with Crippen LogP contribution in [0.3, 0.4) is 0 Å². The van der Waals surface area contributed by atoms with Crippen molar-refractivity contribution in [3.8, 4) is 0 Å². The third kappa shape index (κ3) is 7.60. The van der Waals surface area contributed by atoms with Crippen molar-refractivity contribution >= 4 is 40.7 Å². The topological polar surface area (TPSA) is 0 Å². The van der Waals surface area contributed by atoms with Crippen LogP contribution in [0.25, 0.3) is 0 Å². The van der Waals surface area contributed by atoms with Crippen LogP contribution in [0.4, 0.5) is 110 Å². The van der Waals surface area contributed by atoms with Crippen molar-refractivity contribution in [2.45, 2.75) is 26.1 Å². The van der Waals surface area contributed by atoms with Crippen molar-refractivity contribution in [2.75, 3.05) is 0 Å². The fourth-order valence-electron chi connectivity index (χ4n) is 5.82. The normalized spacial score (nSPS) is 11.6. The lowest BCUT2D eigenvalue weighted by atomic mass is 9.28. The maximum Gasteiger partial charge on any atom is 0.265 e. The molecule has 0 aliphatic carbocycles. The summed E-state index contributed by atoms with van der Waals surface area (Å²) in [6.07, 6.45) is 0. The maximum atomic E-state index is 14.4. The van der Waals surface area contributed by atoms with Crippen LogP contribution in [0.2, 0.25) is 5.31 Å². The predicted molar refractivity (Wildman–Crippen MR) is 161 cm³/mol. The average molecular weight is 914 g/mol. The Balaban J connectivity index is 0.000000276.